The van der Waals surface area contributed by atoms with Crippen LogP contribution in [0.5, 0.6) is 0 Å². The number of amides is 1. The number of carbonyl (C=O) groups is 1. The van der Waals surface area contributed by atoms with Crippen LogP contribution in [0.1, 0.15) is 54.4 Å². The number of hydrogen-bond acceptors (Lipinski definition) is 4. The van der Waals surface area contributed by atoms with E-state index in [0.717, 1.165) is 10.4 Å². The predicted molar refractivity (Wildman–Crippen MR) is 135 cm³/mol. The number of likely N-dealkylation sites (tertiary alicyclic amines) is 1. The molecule has 1 fully saturated rings. The van der Waals surface area contributed by atoms with E-state index in [4.69, 9.17) is 4.74 Å². The second-order valence-corrected chi connectivity index (χ2v) is 14.8. The summed E-state index contributed by atoms with van der Waals surface area (Å²) in [5.41, 5.74) is -0.589. The quantitative estimate of drug-likeness (QED) is 0.629. The van der Waals surface area contributed by atoms with Gasteiger partial charge in [-0.3, -0.25) is 0 Å². The van der Waals surface area contributed by atoms with Crippen molar-refractivity contribution in [3.63, 3.8) is 0 Å². The van der Waals surface area contributed by atoms with E-state index in [1.807, 2.05) is 81.4 Å². The molecule has 1 saturated heterocycles. The molecule has 33 heavy (non-hydrogen) atoms. The number of hydrogen-bond donors (Lipinski definition) is 2. The maximum Gasteiger partial charge on any atom is 0.410 e. The van der Waals surface area contributed by atoms with Crippen molar-refractivity contribution in [3.05, 3.63) is 60.7 Å². The maximum atomic E-state index is 12.8. The molecule has 1 aliphatic heterocycles. The molecule has 1 heterocycles. The summed E-state index contributed by atoms with van der Waals surface area (Å²) < 4.78 is 5.61. The highest BCUT2D eigenvalue weighted by Crippen LogP contribution is 2.46. The Kier molecular flexibility index (Phi) is 7.41. The monoisotopic (exact) mass is 469 g/mol. The summed E-state index contributed by atoms with van der Waals surface area (Å²) in [6.07, 6.45) is 0.144. The molecule has 2 aromatic rings. The third-order valence-corrected chi connectivity index (χ3v) is 12.0. The highest BCUT2D eigenvalue weighted by atomic mass is 28.4. The van der Waals surface area contributed by atoms with Gasteiger partial charge in [0.15, 0.2) is 0 Å². The van der Waals surface area contributed by atoms with Crippen molar-refractivity contribution in [2.45, 2.75) is 77.2 Å². The number of benzene rings is 2. The zero-order valence-corrected chi connectivity index (χ0v) is 21.8. The lowest BCUT2D eigenvalue weighted by molar-refractivity contribution is 0.0117. The van der Waals surface area contributed by atoms with Crippen molar-refractivity contribution in [1.29, 1.82) is 0 Å². The first-order chi connectivity index (χ1) is 15.4. The highest BCUT2D eigenvalue weighted by Gasteiger charge is 2.53. The molecule has 180 valence electrons. The zero-order valence-electron chi connectivity index (χ0n) is 20.8. The molecule has 0 aliphatic carbocycles. The Balaban J connectivity index is 1.93. The topological polar surface area (TPSA) is 70.0 Å². The summed E-state index contributed by atoms with van der Waals surface area (Å²) in [4.78, 5) is 27.0. The van der Waals surface area contributed by atoms with Crippen LogP contribution in [-0.4, -0.2) is 53.5 Å². The van der Waals surface area contributed by atoms with Crippen molar-refractivity contribution in [3.8, 4) is 0 Å². The van der Waals surface area contributed by atoms with Crippen LogP contribution in [-0.2, 0) is 4.74 Å². The molecule has 3 atom stereocenters. The second kappa shape index (κ2) is 9.61. The van der Waals surface area contributed by atoms with Crippen molar-refractivity contribution < 1.29 is 19.4 Å². The Hall–Kier alpha value is -2.15. The Labute approximate surface area is 199 Å². The summed E-state index contributed by atoms with van der Waals surface area (Å²) in [7, 11) is -3.19. The molecule has 5 nitrogen and oxygen atoms in total. The maximum absolute atomic E-state index is 12.8. The van der Waals surface area contributed by atoms with Gasteiger partial charge in [-0.1, -0.05) is 81.4 Å². The Morgan fingerprint density at radius 3 is 1.97 bits per heavy atom. The van der Waals surface area contributed by atoms with E-state index in [2.05, 4.69) is 20.8 Å². The van der Waals surface area contributed by atoms with Gasteiger partial charge in [0.2, 0.25) is 0 Å². The first-order valence-electron chi connectivity index (χ1n) is 11.9. The Morgan fingerprint density at radius 2 is 1.52 bits per heavy atom. The summed E-state index contributed by atoms with van der Waals surface area (Å²) in [6, 6.07) is 19.6. The SMILES string of the molecule is CC(C[C@@H]1[C@@H](O)CCN1C(=O)OC(C)(C)C)C(C)(C)[Si](O)(c1ccccc1)c1ccccc1. The van der Waals surface area contributed by atoms with Crippen molar-refractivity contribution in [1.82, 2.24) is 4.90 Å². The fourth-order valence-electron chi connectivity index (χ4n) is 4.95. The average Bonchev–Trinajstić information content (AvgIpc) is 3.13. The second-order valence-electron chi connectivity index (χ2n) is 10.9. The van der Waals surface area contributed by atoms with Gasteiger partial charge in [-0.2, -0.15) is 0 Å². The number of ether oxygens (including phenoxy) is 1. The summed E-state index contributed by atoms with van der Waals surface area (Å²) in [5.74, 6) is 0.0252. The lowest BCUT2D eigenvalue weighted by Gasteiger charge is -2.46. The molecule has 1 unspecified atom stereocenters. The lowest BCUT2D eigenvalue weighted by atomic mass is 9.88. The lowest BCUT2D eigenvalue weighted by Crippen LogP contribution is -2.67. The molecule has 6 heteroatoms. The fraction of sp³-hybridized carbons (Fsp3) is 0.519. The standard InChI is InChI=1S/C27H39NO4Si/c1-20(19-23-24(29)17-18-28(23)25(30)32-26(2,3)4)27(5,6)33(31,21-13-9-7-10-14-21)22-15-11-8-12-16-22/h7-16,20,23-24,29,31H,17-19H2,1-6H3/t20?,23-,24+/m1/s1. The van der Waals surface area contributed by atoms with Gasteiger partial charge in [-0.05, 0) is 54.9 Å². The predicted octanol–water partition coefficient (Wildman–Crippen LogP) is 3.92. The molecule has 3 rings (SSSR count). The van der Waals surface area contributed by atoms with E-state index >= 15 is 0 Å². The molecule has 0 aromatic heterocycles. The molecule has 0 saturated carbocycles. The molecule has 1 amide bonds. The summed E-state index contributed by atoms with van der Waals surface area (Å²) >= 11 is 0. The van der Waals surface area contributed by atoms with Gasteiger partial charge in [0.05, 0.1) is 12.1 Å². The van der Waals surface area contributed by atoms with E-state index in [1.165, 1.54) is 0 Å². The van der Waals surface area contributed by atoms with E-state index in [0.29, 0.717) is 19.4 Å². The summed E-state index contributed by atoms with van der Waals surface area (Å²) in [6.45, 7) is 12.4. The van der Waals surface area contributed by atoms with E-state index in [9.17, 15) is 14.7 Å². The zero-order chi connectivity index (χ0) is 24.4. The molecular weight excluding hydrogens is 430 g/mol. The Morgan fingerprint density at radius 1 is 1.03 bits per heavy atom. The van der Waals surface area contributed by atoms with Crippen molar-refractivity contribution >= 4 is 24.8 Å². The van der Waals surface area contributed by atoms with Crippen LogP contribution >= 0.6 is 0 Å². The van der Waals surface area contributed by atoms with Gasteiger partial charge < -0.3 is 19.5 Å². The molecule has 0 spiro atoms. The van der Waals surface area contributed by atoms with Crippen LogP contribution in [0.3, 0.4) is 0 Å². The van der Waals surface area contributed by atoms with E-state index < -0.39 is 25.1 Å². The van der Waals surface area contributed by atoms with Crippen LogP contribution in [0.25, 0.3) is 0 Å². The van der Waals surface area contributed by atoms with E-state index in [-0.39, 0.29) is 18.1 Å². The minimum Gasteiger partial charge on any atom is -0.444 e. The number of aliphatic hydroxyl groups is 1. The van der Waals surface area contributed by atoms with Crippen LogP contribution in [0.4, 0.5) is 4.79 Å². The van der Waals surface area contributed by atoms with Gasteiger partial charge in [-0.25, -0.2) is 4.79 Å². The van der Waals surface area contributed by atoms with Gasteiger partial charge in [0, 0.05) is 6.54 Å². The number of rotatable bonds is 6. The Bertz CT molecular complexity index is 887. The third-order valence-electron chi connectivity index (χ3n) is 7.28. The largest absolute Gasteiger partial charge is 0.444 e. The van der Waals surface area contributed by atoms with Crippen LogP contribution in [0.15, 0.2) is 60.7 Å². The van der Waals surface area contributed by atoms with Crippen LogP contribution < -0.4 is 10.4 Å². The number of aliphatic hydroxyl groups excluding tert-OH is 1. The molecule has 1 aliphatic rings. The third kappa shape index (κ3) is 5.18. The normalized spacial score (nSPS) is 20.5. The summed E-state index contributed by atoms with van der Waals surface area (Å²) in [5, 5.41) is 12.2. The first-order valence-corrected chi connectivity index (χ1v) is 13.8. The highest BCUT2D eigenvalue weighted by molar-refractivity contribution is 6.98. The smallest absolute Gasteiger partial charge is 0.410 e. The molecule has 2 aromatic carbocycles. The first kappa shape index (κ1) is 25.5. The molecule has 0 bridgehead atoms. The van der Waals surface area contributed by atoms with Gasteiger partial charge >= 0.3 is 6.09 Å². The average molecular weight is 470 g/mol. The minimum atomic E-state index is -3.19. The van der Waals surface area contributed by atoms with Gasteiger partial charge in [0.25, 0.3) is 8.32 Å². The minimum absolute atomic E-state index is 0.0252. The van der Waals surface area contributed by atoms with E-state index in [1.54, 1.807) is 4.90 Å². The number of nitrogens with zero attached hydrogens (tertiary/aromatic N) is 1. The van der Waals surface area contributed by atoms with Crippen molar-refractivity contribution in [2.24, 2.45) is 5.92 Å². The molecular formula is C27H39NO4Si. The van der Waals surface area contributed by atoms with Crippen LogP contribution in [0, 0.1) is 5.92 Å². The van der Waals surface area contributed by atoms with Crippen LogP contribution in [0.2, 0.25) is 5.04 Å². The van der Waals surface area contributed by atoms with Crippen molar-refractivity contribution in [2.75, 3.05) is 6.54 Å². The fourth-order valence-corrected chi connectivity index (χ4v) is 8.95. The molecule has 0 radical (unpaired) electrons. The number of carbonyl (C=O) groups excluding carboxylic acids is 1. The molecule has 2 N–H and O–H groups in total. The van der Waals surface area contributed by atoms with Gasteiger partial charge in [-0.15, -0.1) is 0 Å². The van der Waals surface area contributed by atoms with Gasteiger partial charge in [0.1, 0.15) is 5.60 Å².